The molecule has 0 spiro atoms. The molecule has 0 amide bonds. The third-order valence-corrected chi connectivity index (χ3v) is 1.75. The minimum atomic E-state index is 0.127. The Morgan fingerprint density at radius 2 is 2.33 bits per heavy atom. The summed E-state index contributed by atoms with van der Waals surface area (Å²) in [5, 5.41) is 12.5. The van der Waals surface area contributed by atoms with Gasteiger partial charge in [-0.1, -0.05) is 18.5 Å². The maximum atomic E-state index is 8.62. The van der Waals surface area contributed by atoms with Crippen molar-refractivity contribution >= 4 is 0 Å². The fourth-order valence-electron chi connectivity index (χ4n) is 1.06. The van der Waals surface area contributed by atoms with E-state index < -0.39 is 0 Å². The fraction of sp³-hybridized carbons (Fsp3) is 0.667. The minimum absolute atomic E-state index is 0.127. The molecule has 0 aliphatic rings. The van der Waals surface area contributed by atoms with Crippen LogP contribution >= 0.6 is 0 Å². The third kappa shape index (κ3) is 2.66. The zero-order valence-corrected chi connectivity index (χ0v) is 7.42. The Labute approximate surface area is 72.4 Å². The largest absolute Gasteiger partial charge is 0.396 e. The number of hydrogen-bond donors (Lipinski definition) is 1. The number of aliphatic hydroxyl groups is 1. The molecule has 0 fully saturated rings. The molecule has 0 radical (unpaired) electrons. The lowest BCUT2D eigenvalue weighted by atomic mass is 10.2. The summed E-state index contributed by atoms with van der Waals surface area (Å²) in [7, 11) is 0. The van der Waals surface area contributed by atoms with Gasteiger partial charge in [-0.25, -0.2) is 0 Å². The summed E-state index contributed by atoms with van der Waals surface area (Å²) in [6, 6.07) is 1.92. The van der Waals surface area contributed by atoms with Crippen LogP contribution in [0.4, 0.5) is 0 Å². The van der Waals surface area contributed by atoms with Crippen molar-refractivity contribution < 1.29 is 9.63 Å². The molecule has 0 bridgehead atoms. The van der Waals surface area contributed by atoms with Crippen LogP contribution in [-0.2, 0) is 12.8 Å². The van der Waals surface area contributed by atoms with Crippen molar-refractivity contribution in [2.24, 2.45) is 0 Å². The van der Waals surface area contributed by atoms with Gasteiger partial charge in [0, 0.05) is 12.5 Å². The topological polar surface area (TPSA) is 46.3 Å². The molecule has 0 saturated heterocycles. The van der Waals surface area contributed by atoms with Crippen LogP contribution in [0.2, 0.25) is 0 Å². The highest BCUT2D eigenvalue weighted by Crippen LogP contribution is 2.07. The molecule has 12 heavy (non-hydrogen) atoms. The van der Waals surface area contributed by atoms with Crippen LogP contribution in [0.3, 0.4) is 0 Å². The zero-order chi connectivity index (χ0) is 8.81. The summed E-state index contributed by atoms with van der Waals surface area (Å²) in [5.74, 6) is 0.781. The molecule has 0 saturated carbocycles. The Hall–Kier alpha value is -0.830. The third-order valence-electron chi connectivity index (χ3n) is 1.75. The number of nitrogens with zero attached hydrogens (tertiary/aromatic N) is 1. The first-order chi connectivity index (χ1) is 5.86. The van der Waals surface area contributed by atoms with E-state index in [-0.39, 0.29) is 6.61 Å². The van der Waals surface area contributed by atoms with Gasteiger partial charge < -0.3 is 9.63 Å². The second-order valence-electron chi connectivity index (χ2n) is 2.86. The lowest BCUT2D eigenvalue weighted by Gasteiger charge is -1.88. The first-order valence-electron chi connectivity index (χ1n) is 4.42. The molecule has 3 nitrogen and oxygen atoms in total. The smallest absolute Gasteiger partial charge is 0.139 e. The lowest BCUT2D eigenvalue weighted by Crippen LogP contribution is -1.86. The van der Waals surface area contributed by atoms with Crippen LogP contribution in [0.15, 0.2) is 10.6 Å². The number of hydrogen-bond acceptors (Lipinski definition) is 3. The van der Waals surface area contributed by atoms with Crippen molar-refractivity contribution in [3.05, 3.63) is 17.5 Å². The van der Waals surface area contributed by atoms with Gasteiger partial charge in [0.25, 0.3) is 0 Å². The summed E-state index contributed by atoms with van der Waals surface area (Å²) < 4.78 is 4.99. The predicted molar refractivity (Wildman–Crippen MR) is 45.9 cm³/mol. The molecule has 1 aromatic rings. The van der Waals surface area contributed by atoms with Gasteiger partial charge >= 0.3 is 0 Å². The number of aryl methyl sites for hydroxylation is 1. The van der Waals surface area contributed by atoms with E-state index >= 15 is 0 Å². The highest BCUT2D eigenvalue weighted by molar-refractivity contribution is 5.05. The average Bonchev–Trinajstić information content (AvgIpc) is 2.50. The molecule has 1 rings (SSSR count). The molecule has 68 valence electrons. The van der Waals surface area contributed by atoms with E-state index in [1.165, 1.54) is 6.42 Å². The van der Waals surface area contributed by atoms with Gasteiger partial charge in [-0.15, -0.1) is 0 Å². The van der Waals surface area contributed by atoms with Crippen molar-refractivity contribution in [2.45, 2.75) is 32.6 Å². The van der Waals surface area contributed by atoms with Crippen LogP contribution < -0.4 is 0 Å². The molecular weight excluding hydrogens is 154 g/mol. The van der Waals surface area contributed by atoms with Crippen LogP contribution in [0.1, 0.15) is 31.2 Å². The summed E-state index contributed by atoms with van der Waals surface area (Å²) in [6.07, 6.45) is 3.86. The quantitative estimate of drug-likeness (QED) is 0.727. The first-order valence-corrected chi connectivity index (χ1v) is 4.42. The van der Waals surface area contributed by atoms with E-state index in [0.29, 0.717) is 6.42 Å². The van der Waals surface area contributed by atoms with E-state index in [1.54, 1.807) is 0 Å². The van der Waals surface area contributed by atoms with Gasteiger partial charge in [0.05, 0.1) is 12.3 Å². The second-order valence-corrected chi connectivity index (χ2v) is 2.86. The van der Waals surface area contributed by atoms with E-state index in [9.17, 15) is 0 Å². The van der Waals surface area contributed by atoms with Crippen LogP contribution in [-0.4, -0.2) is 16.9 Å². The number of aromatic nitrogens is 1. The van der Waals surface area contributed by atoms with Crippen molar-refractivity contribution in [1.29, 1.82) is 0 Å². The number of rotatable bonds is 5. The molecule has 0 aliphatic heterocycles. The molecule has 1 heterocycles. The molecule has 0 aromatic carbocycles. The van der Waals surface area contributed by atoms with Gasteiger partial charge in [-0.05, 0) is 12.8 Å². The van der Waals surface area contributed by atoms with Gasteiger partial charge in [0.1, 0.15) is 5.76 Å². The van der Waals surface area contributed by atoms with Crippen LogP contribution in [0.25, 0.3) is 0 Å². The Kier molecular flexibility index (Phi) is 3.80. The van der Waals surface area contributed by atoms with E-state index in [0.717, 1.165) is 24.3 Å². The average molecular weight is 169 g/mol. The van der Waals surface area contributed by atoms with Crippen molar-refractivity contribution in [2.75, 3.05) is 6.61 Å². The summed E-state index contributed by atoms with van der Waals surface area (Å²) in [4.78, 5) is 0. The highest BCUT2D eigenvalue weighted by Gasteiger charge is 2.01. The Morgan fingerprint density at radius 3 is 3.00 bits per heavy atom. The standard InChI is InChI=1S/C9H15NO2/c1-2-3-4-8-7-9(5-6-11)12-10-8/h7,11H,2-6H2,1H3. The molecular formula is C9H15NO2. The Balaban J connectivity index is 2.41. The van der Waals surface area contributed by atoms with Crippen molar-refractivity contribution in [1.82, 2.24) is 5.16 Å². The molecule has 3 heteroatoms. The molecule has 0 atom stereocenters. The molecule has 1 aromatic heterocycles. The van der Waals surface area contributed by atoms with Crippen LogP contribution in [0.5, 0.6) is 0 Å². The first kappa shape index (κ1) is 9.26. The van der Waals surface area contributed by atoms with Gasteiger partial charge in [0.15, 0.2) is 0 Å². The monoisotopic (exact) mass is 169 g/mol. The zero-order valence-electron chi connectivity index (χ0n) is 7.42. The Bertz CT molecular complexity index is 220. The summed E-state index contributed by atoms with van der Waals surface area (Å²) >= 11 is 0. The van der Waals surface area contributed by atoms with E-state index in [4.69, 9.17) is 9.63 Å². The van der Waals surface area contributed by atoms with Gasteiger partial charge in [-0.2, -0.15) is 0 Å². The molecule has 0 aliphatic carbocycles. The molecule has 1 N–H and O–H groups in total. The normalized spacial score (nSPS) is 10.5. The van der Waals surface area contributed by atoms with Gasteiger partial charge in [-0.3, -0.25) is 0 Å². The fourth-order valence-corrected chi connectivity index (χ4v) is 1.06. The minimum Gasteiger partial charge on any atom is -0.396 e. The maximum Gasteiger partial charge on any atom is 0.139 e. The van der Waals surface area contributed by atoms with Crippen molar-refractivity contribution in [3.8, 4) is 0 Å². The second kappa shape index (κ2) is 4.93. The van der Waals surface area contributed by atoms with Gasteiger partial charge in [0.2, 0.25) is 0 Å². The van der Waals surface area contributed by atoms with Crippen LogP contribution in [0, 0.1) is 0 Å². The predicted octanol–water partition coefficient (Wildman–Crippen LogP) is 1.55. The SMILES string of the molecule is CCCCc1cc(CCO)on1. The maximum absolute atomic E-state index is 8.62. The summed E-state index contributed by atoms with van der Waals surface area (Å²) in [6.45, 7) is 2.27. The lowest BCUT2D eigenvalue weighted by molar-refractivity contribution is 0.276. The Morgan fingerprint density at radius 1 is 1.50 bits per heavy atom. The highest BCUT2D eigenvalue weighted by atomic mass is 16.5. The molecule has 0 unspecified atom stereocenters. The van der Waals surface area contributed by atoms with E-state index in [1.807, 2.05) is 6.07 Å². The number of aliphatic hydroxyl groups excluding tert-OH is 1. The van der Waals surface area contributed by atoms with E-state index in [2.05, 4.69) is 12.1 Å². The summed E-state index contributed by atoms with van der Waals surface area (Å²) in [5.41, 5.74) is 1.00. The number of unbranched alkanes of at least 4 members (excludes halogenated alkanes) is 1. The van der Waals surface area contributed by atoms with Crippen molar-refractivity contribution in [3.63, 3.8) is 0 Å².